The molecule has 16 nitrogen and oxygen atoms in total. The van der Waals surface area contributed by atoms with Gasteiger partial charge in [-0.25, -0.2) is 9.97 Å². The molecule has 2 saturated heterocycles. The van der Waals surface area contributed by atoms with E-state index in [2.05, 4.69) is 45.6 Å². The third kappa shape index (κ3) is 13.3. The number of amides is 2. The van der Waals surface area contributed by atoms with Crippen LogP contribution in [0.1, 0.15) is 115 Å². The Morgan fingerprint density at radius 1 is 0.691 bits per heavy atom. The number of para-hydroxylation sites is 1. The minimum Gasteiger partial charge on any atom is -0.438 e. The molecule has 2 aliphatic heterocycles. The highest BCUT2D eigenvalue weighted by Gasteiger charge is 2.33. The predicted molar refractivity (Wildman–Crippen MR) is 260 cm³/mol. The molecule has 4 aromatic heterocycles. The Kier molecular flexibility index (Phi) is 17.4. The molecule has 16 heteroatoms. The standard InChI is InChI=1S/C26H33N5O3.C26H32N4O4/c1-3-21(32)7-5-4-6-8-23(29-25(33)20-16-31(2)17-20)26-27-15-24(34-26)19-11-9-18(10-12-19)22-13-14-28-30-22;1-3-19(31)10-5-4-6-12-22(29-24(32)18-15-30(2)16-18)26-27-14-23(34-26)20-13-17-9-7-8-11-21(17)28-25(20)33/h9-15,20,23H,3-8,16-17H2,1-2H3,(H,28,30)(H,29,33);7-9,11,13-14,18,22H,3-6,10,12,15-16H2,1-2H3,(H,28,33)(H,29,32)/t23-;/m0./s1. The summed E-state index contributed by atoms with van der Waals surface area (Å²) in [5, 5.41) is 14.1. The van der Waals surface area contributed by atoms with E-state index in [9.17, 15) is 24.0 Å². The van der Waals surface area contributed by atoms with Crippen LogP contribution in [0.25, 0.3) is 44.8 Å². The van der Waals surface area contributed by atoms with Crippen molar-refractivity contribution >= 4 is 34.3 Å². The van der Waals surface area contributed by atoms with E-state index in [1.54, 1.807) is 24.7 Å². The maximum absolute atomic E-state index is 12.7. The van der Waals surface area contributed by atoms with E-state index in [4.69, 9.17) is 8.83 Å². The van der Waals surface area contributed by atoms with Crippen molar-refractivity contribution in [2.75, 3.05) is 40.3 Å². The maximum atomic E-state index is 12.7. The number of likely N-dealkylation sites (tertiary alicyclic amines) is 2. The second-order valence-corrected chi connectivity index (χ2v) is 18.2. The summed E-state index contributed by atoms with van der Waals surface area (Å²) in [6, 6.07) is 18.6. The summed E-state index contributed by atoms with van der Waals surface area (Å²) in [4.78, 5) is 77.3. The largest absolute Gasteiger partial charge is 0.438 e. The fourth-order valence-electron chi connectivity index (χ4n) is 8.59. The van der Waals surface area contributed by atoms with Crippen LogP contribution in [0, 0.1) is 11.8 Å². The molecule has 0 bridgehead atoms. The molecule has 0 saturated carbocycles. The van der Waals surface area contributed by atoms with Gasteiger partial charge in [-0.1, -0.05) is 82.0 Å². The third-order valence-corrected chi connectivity index (χ3v) is 12.8. The second-order valence-electron chi connectivity index (χ2n) is 18.2. The number of pyridine rings is 1. The number of aromatic amines is 2. The normalized spacial score (nSPS) is 15.2. The fourth-order valence-corrected chi connectivity index (χ4v) is 8.59. The summed E-state index contributed by atoms with van der Waals surface area (Å²) in [5.74, 6) is 2.56. The average molecular weight is 928 g/mol. The van der Waals surface area contributed by atoms with Gasteiger partial charge >= 0.3 is 0 Å². The summed E-state index contributed by atoms with van der Waals surface area (Å²) < 4.78 is 12.1. The molecule has 0 radical (unpaired) electrons. The zero-order chi connectivity index (χ0) is 48.0. The van der Waals surface area contributed by atoms with Gasteiger partial charge in [-0.3, -0.25) is 29.1 Å². The van der Waals surface area contributed by atoms with Gasteiger partial charge in [0.25, 0.3) is 5.56 Å². The number of hydrogen-bond acceptors (Lipinski definition) is 12. The average Bonchev–Trinajstić information content (AvgIpc) is 4.15. The Hall–Kier alpha value is -6.52. The lowest BCUT2D eigenvalue weighted by atomic mass is 9.99. The molecule has 8 rings (SSSR count). The van der Waals surface area contributed by atoms with E-state index < -0.39 is 0 Å². The lowest BCUT2D eigenvalue weighted by Crippen LogP contribution is -2.52. The van der Waals surface area contributed by atoms with Gasteiger partial charge in [-0.2, -0.15) is 5.10 Å². The van der Waals surface area contributed by atoms with Gasteiger partial charge in [-0.05, 0) is 68.9 Å². The number of fused-ring (bicyclic) bond motifs is 1. The number of oxazole rings is 2. The van der Waals surface area contributed by atoms with Crippen LogP contribution in [0.2, 0.25) is 0 Å². The number of ketones is 2. The van der Waals surface area contributed by atoms with Crippen LogP contribution in [-0.4, -0.2) is 98.6 Å². The maximum Gasteiger partial charge on any atom is 0.259 e. The van der Waals surface area contributed by atoms with E-state index in [0.717, 1.165) is 98.8 Å². The quantitative estimate of drug-likeness (QED) is 0.0448. The number of Topliss-reactive ketones (excluding diaryl/α,β-unsaturated/α-hetero) is 2. The molecule has 6 heterocycles. The van der Waals surface area contributed by atoms with Crippen molar-refractivity contribution in [2.45, 2.75) is 103 Å². The summed E-state index contributed by atoms with van der Waals surface area (Å²) in [7, 11) is 4.00. The smallest absolute Gasteiger partial charge is 0.259 e. The highest BCUT2D eigenvalue weighted by molar-refractivity contribution is 5.83. The van der Waals surface area contributed by atoms with Gasteiger partial charge < -0.3 is 34.3 Å². The van der Waals surface area contributed by atoms with Crippen LogP contribution in [-0.2, 0) is 19.2 Å². The van der Waals surface area contributed by atoms with Crippen molar-refractivity contribution in [3.05, 3.63) is 101 Å². The highest BCUT2D eigenvalue weighted by Crippen LogP contribution is 2.30. The first kappa shape index (κ1) is 49.4. The van der Waals surface area contributed by atoms with Crippen molar-refractivity contribution in [3.63, 3.8) is 0 Å². The molecule has 2 fully saturated rings. The fraction of sp³-hybridized carbons (Fsp3) is 0.462. The van der Waals surface area contributed by atoms with Gasteiger partial charge in [0, 0.05) is 69.1 Å². The number of rotatable bonds is 23. The van der Waals surface area contributed by atoms with E-state index in [-0.39, 0.29) is 47.1 Å². The molecule has 4 N–H and O–H groups in total. The Morgan fingerprint density at radius 3 is 1.75 bits per heavy atom. The van der Waals surface area contributed by atoms with Crippen molar-refractivity contribution in [1.82, 2.24) is 45.6 Å². The van der Waals surface area contributed by atoms with Crippen molar-refractivity contribution in [3.8, 4) is 33.9 Å². The number of nitrogens with one attached hydrogen (secondary N) is 4. The van der Waals surface area contributed by atoms with Gasteiger partial charge in [0.15, 0.2) is 11.5 Å². The first-order valence-electron chi connectivity index (χ1n) is 24.1. The lowest BCUT2D eigenvalue weighted by Gasteiger charge is -2.35. The molecule has 6 aromatic rings. The highest BCUT2D eigenvalue weighted by atomic mass is 16.4. The van der Waals surface area contributed by atoms with Crippen molar-refractivity contribution in [1.29, 1.82) is 0 Å². The first-order chi connectivity index (χ1) is 33.0. The van der Waals surface area contributed by atoms with Crippen molar-refractivity contribution < 1.29 is 28.0 Å². The van der Waals surface area contributed by atoms with E-state index in [1.807, 2.05) is 82.5 Å². The molecule has 2 amide bonds. The minimum absolute atomic E-state index is 0.00689. The number of carbonyl (C=O) groups is 4. The van der Waals surface area contributed by atoms with Gasteiger partial charge in [0.1, 0.15) is 23.7 Å². The van der Waals surface area contributed by atoms with Gasteiger partial charge in [0.2, 0.25) is 23.6 Å². The first-order valence-corrected chi connectivity index (χ1v) is 24.1. The Labute approximate surface area is 397 Å². The number of aromatic nitrogens is 5. The number of unbranched alkanes of at least 4 members (excludes halogenated alkanes) is 4. The zero-order valence-electron chi connectivity index (χ0n) is 39.7. The third-order valence-electron chi connectivity index (χ3n) is 12.8. The molecule has 0 spiro atoms. The molecule has 360 valence electrons. The number of H-pyrrole nitrogens is 2. The topological polar surface area (TPSA) is 212 Å². The van der Waals surface area contributed by atoms with Crippen LogP contribution < -0.4 is 16.2 Å². The zero-order valence-corrected chi connectivity index (χ0v) is 39.7. The van der Waals surface area contributed by atoms with E-state index in [1.165, 1.54) is 0 Å². The molecular weight excluding hydrogens is 863 g/mol. The summed E-state index contributed by atoms with van der Waals surface area (Å²) >= 11 is 0. The molecule has 2 atom stereocenters. The van der Waals surface area contributed by atoms with Crippen LogP contribution >= 0.6 is 0 Å². The lowest BCUT2D eigenvalue weighted by molar-refractivity contribution is -0.131. The number of hydrogen-bond donors (Lipinski definition) is 4. The molecule has 0 aliphatic carbocycles. The van der Waals surface area contributed by atoms with Gasteiger partial charge in [-0.15, -0.1) is 0 Å². The summed E-state index contributed by atoms with van der Waals surface area (Å²) in [6.07, 6.45) is 14.0. The molecule has 2 aromatic carbocycles. The molecular formula is C52H65N9O7. The molecule has 68 heavy (non-hydrogen) atoms. The summed E-state index contributed by atoms with van der Waals surface area (Å²) in [5.41, 5.74) is 3.83. The van der Waals surface area contributed by atoms with E-state index >= 15 is 0 Å². The Morgan fingerprint density at radius 2 is 1.22 bits per heavy atom. The minimum atomic E-state index is -0.381. The number of benzene rings is 2. The Bertz CT molecular complexity index is 2640. The van der Waals surface area contributed by atoms with Crippen LogP contribution in [0.15, 0.2) is 92.9 Å². The second kappa shape index (κ2) is 24.0. The monoisotopic (exact) mass is 928 g/mol. The van der Waals surface area contributed by atoms with E-state index in [0.29, 0.717) is 66.8 Å². The van der Waals surface area contributed by atoms with Crippen molar-refractivity contribution in [2.24, 2.45) is 11.8 Å². The van der Waals surface area contributed by atoms with Crippen LogP contribution in [0.3, 0.4) is 0 Å². The Balaban J connectivity index is 0.000000201. The number of carbonyl (C=O) groups excluding carboxylic acids is 4. The van der Waals surface area contributed by atoms with Gasteiger partial charge in [0.05, 0.1) is 35.5 Å². The van der Waals surface area contributed by atoms with Crippen LogP contribution in [0.5, 0.6) is 0 Å². The summed E-state index contributed by atoms with van der Waals surface area (Å²) in [6.45, 7) is 6.81. The number of nitrogens with zero attached hydrogens (tertiary/aromatic N) is 5. The molecule has 1 unspecified atom stereocenters. The molecule has 2 aliphatic rings. The SMILES string of the molecule is CCC(=O)CCCCCC(NC(=O)C1CN(C)C1)c1ncc(-c2cc3ccccc3[nH]c2=O)o1.CCC(=O)CCCCC[C@H](NC(=O)C1CN(C)C1)c1ncc(-c2ccc(-c3ccn[nH]3)cc2)o1. The predicted octanol–water partition coefficient (Wildman–Crippen LogP) is 8.21. The van der Waals surface area contributed by atoms with Crippen LogP contribution in [0.4, 0.5) is 0 Å².